The fraction of sp³-hybridized carbons (Fsp3) is 0.312. The van der Waals surface area contributed by atoms with Crippen LogP contribution >= 0.6 is 0 Å². The van der Waals surface area contributed by atoms with Gasteiger partial charge in [0.2, 0.25) is 11.8 Å². The Kier molecular flexibility index (Phi) is 5.46. The van der Waals surface area contributed by atoms with E-state index in [-0.39, 0.29) is 36.5 Å². The summed E-state index contributed by atoms with van der Waals surface area (Å²) < 4.78 is 17.7. The molecule has 1 aromatic carbocycles. The smallest absolute Gasteiger partial charge is 0.245 e. The van der Waals surface area contributed by atoms with Crippen LogP contribution in [-0.4, -0.2) is 23.5 Å². The molecule has 1 atom stereocenters. The first-order valence-electron chi connectivity index (χ1n) is 7.19. The third-order valence-corrected chi connectivity index (χ3v) is 3.27. The van der Waals surface area contributed by atoms with Gasteiger partial charge in [-0.15, -0.1) is 0 Å². The number of benzene rings is 1. The quantitative estimate of drug-likeness (QED) is 0.856. The van der Waals surface area contributed by atoms with Gasteiger partial charge in [-0.05, 0) is 30.5 Å². The molecule has 0 spiro atoms. The second kappa shape index (κ2) is 7.53. The number of carbonyl (C=O) groups excluding carboxylic acids is 2. The number of nitrogens with one attached hydrogen (secondary N) is 2. The van der Waals surface area contributed by atoms with Crippen molar-refractivity contribution in [2.45, 2.75) is 26.2 Å². The first kappa shape index (κ1) is 16.7. The molecule has 1 aromatic heterocycles. The van der Waals surface area contributed by atoms with Crippen LogP contribution < -0.4 is 10.6 Å². The van der Waals surface area contributed by atoms with Crippen LogP contribution in [0.15, 0.2) is 34.9 Å². The lowest BCUT2D eigenvalue weighted by atomic mass is 9.97. The van der Waals surface area contributed by atoms with E-state index in [0.717, 1.165) is 5.56 Å². The standard InChI is InChI=1S/C16H18FN3O3/c1-10(12-3-5-13(17)6-4-12)7-15(21)18-9-16(22)19-14-8-11(2)23-20-14/h3-6,8,10H,7,9H2,1-2H3,(H,18,21)(H,19,20,22). The van der Waals surface area contributed by atoms with Gasteiger partial charge >= 0.3 is 0 Å². The molecule has 0 aliphatic heterocycles. The lowest BCUT2D eigenvalue weighted by molar-refractivity contribution is -0.124. The number of aromatic nitrogens is 1. The molecule has 0 radical (unpaired) electrons. The molecule has 0 bridgehead atoms. The Bertz CT molecular complexity index is 682. The van der Waals surface area contributed by atoms with E-state index in [2.05, 4.69) is 15.8 Å². The van der Waals surface area contributed by atoms with Gasteiger partial charge in [-0.2, -0.15) is 0 Å². The molecule has 0 saturated heterocycles. The minimum absolute atomic E-state index is 0.0724. The van der Waals surface area contributed by atoms with Crippen molar-refractivity contribution in [3.63, 3.8) is 0 Å². The molecule has 0 fully saturated rings. The topological polar surface area (TPSA) is 84.2 Å². The first-order chi connectivity index (χ1) is 10.9. The van der Waals surface area contributed by atoms with Crippen LogP contribution in [-0.2, 0) is 9.59 Å². The van der Waals surface area contributed by atoms with Crippen LogP contribution in [0.1, 0.15) is 30.6 Å². The van der Waals surface area contributed by atoms with Gasteiger partial charge in [-0.25, -0.2) is 4.39 Å². The molecule has 2 amide bonds. The highest BCUT2D eigenvalue weighted by Crippen LogP contribution is 2.18. The monoisotopic (exact) mass is 319 g/mol. The van der Waals surface area contributed by atoms with Gasteiger partial charge in [-0.1, -0.05) is 24.2 Å². The van der Waals surface area contributed by atoms with E-state index in [0.29, 0.717) is 11.6 Å². The SMILES string of the molecule is Cc1cc(NC(=O)CNC(=O)CC(C)c2ccc(F)cc2)no1. The van der Waals surface area contributed by atoms with Crippen molar-refractivity contribution in [1.29, 1.82) is 0 Å². The van der Waals surface area contributed by atoms with Gasteiger partial charge in [-0.3, -0.25) is 9.59 Å². The number of amides is 2. The molecular formula is C16H18FN3O3. The normalized spacial score (nSPS) is 11.8. The van der Waals surface area contributed by atoms with Crippen molar-refractivity contribution in [1.82, 2.24) is 10.5 Å². The van der Waals surface area contributed by atoms with E-state index in [9.17, 15) is 14.0 Å². The highest BCUT2D eigenvalue weighted by molar-refractivity contribution is 5.93. The third-order valence-electron chi connectivity index (χ3n) is 3.27. The van der Waals surface area contributed by atoms with E-state index >= 15 is 0 Å². The predicted molar refractivity (Wildman–Crippen MR) is 82.3 cm³/mol. The molecule has 0 saturated carbocycles. The summed E-state index contributed by atoms with van der Waals surface area (Å²) >= 11 is 0. The van der Waals surface area contributed by atoms with Crippen LogP contribution in [0.25, 0.3) is 0 Å². The number of carbonyl (C=O) groups is 2. The summed E-state index contributed by atoms with van der Waals surface area (Å²) in [6.45, 7) is 3.42. The Balaban J connectivity index is 1.76. The van der Waals surface area contributed by atoms with Crippen molar-refractivity contribution >= 4 is 17.6 Å². The second-order valence-corrected chi connectivity index (χ2v) is 5.30. The number of anilines is 1. The summed E-state index contributed by atoms with van der Waals surface area (Å²) in [6.07, 6.45) is 0.210. The van der Waals surface area contributed by atoms with Crippen LogP contribution in [0.3, 0.4) is 0 Å². The van der Waals surface area contributed by atoms with Crippen molar-refractivity contribution < 1.29 is 18.5 Å². The van der Waals surface area contributed by atoms with Crippen molar-refractivity contribution in [3.05, 3.63) is 47.5 Å². The number of hydrogen-bond acceptors (Lipinski definition) is 4. The predicted octanol–water partition coefficient (Wildman–Crippen LogP) is 2.37. The molecule has 122 valence electrons. The summed E-state index contributed by atoms with van der Waals surface area (Å²) in [5, 5.41) is 8.67. The van der Waals surface area contributed by atoms with Gasteiger partial charge in [0, 0.05) is 12.5 Å². The zero-order valence-corrected chi connectivity index (χ0v) is 12.9. The van der Waals surface area contributed by atoms with Gasteiger partial charge in [0.25, 0.3) is 0 Å². The van der Waals surface area contributed by atoms with Crippen molar-refractivity contribution in [2.75, 3.05) is 11.9 Å². The van der Waals surface area contributed by atoms with Gasteiger partial charge in [0.15, 0.2) is 5.82 Å². The number of halogens is 1. The van der Waals surface area contributed by atoms with Gasteiger partial charge < -0.3 is 15.2 Å². The van der Waals surface area contributed by atoms with Gasteiger partial charge in [0.1, 0.15) is 11.6 Å². The molecule has 2 rings (SSSR count). The number of rotatable bonds is 6. The summed E-state index contributed by atoms with van der Waals surface area (Å²) in [5.74, 6) is -0.143. The Labute approximate surface area is 133 Å². The van der Waals surface area contributed by atoms with Gasteiger partial charge in [0.05, 0.1) is 6.54 Å². The number of aryl methyl sites for hydroxylation is 1. The molecule has 6 nitrogen and oxygen atoms in total. The van der Waals surface area contributed by atoms with E-state index < -0.39 is 0 Å². The molecule has 23 heavy (non-hydrogen) atoms. The minimum Gasteiger partial charge on any atom is -0.360 e. The van der Waals surface area contributed by atoms with Crippen molar-refractivity contribution in [3.8, 4) is 0 Å². The zero-order valence-electron chi connectivity index (χ0n) is 12.9. The maximum atomic E-state index is 12.9. The van der Waals surface area contributed by atoms with E-state index in [4.69, 9.17) is 4.52 Å². The fourth-order valence-electron chi connectivity index (χ4n) is 2.05. The molecule has 2 N–H and O–H groups in total. The molecule has 0 aliphatic rings. The average molecular weight is 319 g/mol. The van der Waals surface area contributed by atoms with Crippen LogP contribution in [0, 0.1) is 12.7 Å². The Morgan fingerprint density at radius 3 is 2.57 bits per heavy atom. The first-order valence-corrected chi connectivity index (χ1v) is 7.19. The zero-order chi connectivity index (χ0) is 16.8. The van der Waals surface area contributed by atoms with Crippen LogP contribution in [0.4, 0.5) is 10.2 Å². The average Bonchev–Trinajstić information content (AvgIpc) is 2.91. The van der Waals surface area contributed by atoms with Crippen molar-refractivity contribution in [2.24, 2.45) is 0 Å². The van der Waals surface area contributed by atoms with E-state index in [1.807, 2.05) is 6.92 Å². The van der Waals surface area contributed by atoms with E-state index in [1.54, 1.807) is 25.1 Å². The molecule has 2 aromatic rings. The Hall–Kier alpha value is -2.70. The molecule has 1 unspecified atom stereocenters. The molecule has 1 heterocycles. The second-order valence-electron chi connectivity index (χ2n) is 5.30. The van der Waals surface area contributed by atoms with E-state index in [1.165, 1.54) is 12.1 Å². The highest BCUT2D eigenvalue weighted by atomic mass is 19.1. The summed E-state index contributed by atoms with van der Waals surface area (Å²) in [4.78, 5) is 23.5. The molecule has 7 heteroatoms. The number of nitrogens with zero attached hydrogens (tertiary/aromatic N) is 1. The lowest BCUT2D eigenvalue weighted by Gasteiger charge is -2.12. The Morgan fingerprint density at radius 2 is 1.96 bits per heavy atom. The number of hydrogen-bond donors (Lipinski definition) is 2. The summed E-state index contributed by atoms with van der Waals surface area (Å²) in [6, 6.07) is 7.59. The van der Waals surface area contributed by atoms with Crippen LogP contribution in [0.5, 0.6) is 0 Å². The maximum Gasteiger partial charge on any atom is 0.245 e. The van der Waals surface area contributed by atoms with Crippen LogP contribution in [0.2, 0.25) is 0 Å². The minimum atomic E-state index is -0.388. The highest BCUT2D eigenvalue weighted by Gasteiger charge is 2.13. The Morgan fingerprint density at radius 1 is 1.26 bits per heavy atom. The molecule has 0 aliphatic carbocycles. The third kappa shape index (κ3) is 5.21. The summed E-state index contributed by atoms with van der Waals surface area (Å²) in [5.41, 5.74) is 0.865. The fourth-order valence-corrected chi connectivity index (χ4v) is 2.05. The largest absolute Gasteiger partial charge is 0.360 e. The molecular weight excluding hydrogens is 301 g/mol. The lowest BCUT2D eigenvalue weighted by Crippen LogP contribution is -2.33. The maximum absolute atomic E-state index is 12.9. The summed E-state index contributed by atoms with van der Waals surface area (Å²) in [7, 11) is 0.